The molecule has 0 aromatic carbocycles. The number of hydrogen-bond acceptors (Lipinski definition) is 2. The fourth-order valence-electron chi connectivity index (χ4n) is 1.14. The van der Waals surface area contributed by atoms with Gasteiger partial charge in [0.15, 0.2) is 5.84 Å². The third-order valence-corrected chi connectivity index (χ3v) is 1.74. The van der Waals surface area contributed by atoms with Crippen molar-refractivity contribution >= 4 is 18.1 Å². The number of amidine groups is 1. The zero-order chi connectivity index (χ0) is 7.84. The number of fused-ring (bicyclic) bond motifs is 1. The normalized spacial score (nSPS) is 27.4. The Bertz CT molecular complexity index is 301. The third-order valence-electron chi connectivity index (χ3n) is 1.74. The van der Waals surface area contributed by atoms with Crippen molar-refractivity contribution in [2.45, 2.75) is 13.0 Å². The maximum atomic E-state index is 10.8. The van der Waals surface area contributed by atoms with Gasteiger partial charge in [0.25, 0.3) is 0 Å². The first-order chi connectivity index (χ1) is 5.27. The van der Waals surface area contributed by atoms with Crippen LogP contribution in [0.25, 0.3) is 0 Å². The van der Waals surface area contributed by atoms with Crippen LogP contribution in [0.3, 0.4) is 0 Å². The Morgan fingerprint density at radius 3 is 3.18 bits per heavy atom. The summed E-state index contributed by atoms with van der Waals surface area (Å²) in [6.07, 6.45) is 3.53. The van der Waals surface area contributed by atoms with Gasteiger partial charge in [-0.25, -0.2) is 9.79 Å². The number of nitrogens with zero attached hydrogens (tertiary/aromatic N) is 2. The lowest BCUT2D eigenvalue weighted by atomic mass is 10.1. The molecule has 0 aromatic heterocycles. The highest BCUT2D eigenvalue weighted by atomic mass is 16.2. The molecule has 1 unspecified atom stereocenters. The van der Waals surface area contributed by atoms with Crippen molar-refractivity contribution in [3.63, 3.8) is 0 Å². The van der Waals surface area contributed by atoms with E-state index in [0.717, 1.165) is 5.57 Å². The van der Waals surface area contributed by atoms with Crippen LogP contribution in [-0.4, -0.2) is 24.1 Å². The van der Waals surface area contributed by atoms with Gasteiger partial charge in [-0.1, -0.05) is 0 Å². The quantitative estimate of drug-likeness (QED) is 0.536. The summed E-state index contributed by atoms with van der Waals surface area (Å²) in [7, 11) is 0. The Morgan fingerprint density at radius 1 is 1.64 bits per heavy atom. The summed E-state index contributed by atoms with van der Waals surface area (Å²) in [6.45, 7) is 1.94. The number of amides is 2. The molecule has 2 heterocycles. The highest BCUT2D eigenvalue weighted by molar-refractivity contribution is 6.10. The molecule has 4 heteroatoms. The largest absolute Gasteiger partial charge is 0.343 e. The number of dihydropyridines is 1. The molecule has 2 amide bonds. The van der Waals surface area contributed by atoms with E-state index in [2.05, 4.69) is 15.3 Å². The van der Waals surface area contributed by atoms with E-state index in [1.807, 2.05) is 13.0 Å². The molecule has 0 spiro atoms. The Labute approximate surface area is 63.7 Å². The van der Waals surface area contributed by atoms with Gasteiger partial charge in [-0.3, -0.25) is 0 Å². The molecule has 2 aliphatic rings. The Hall–Kier alpha value is -1.45. The van der Waals surface area contributed by atoms with Gasteiger partial charge in [0, 0.05) is 6.21 Å². The van der Waals surface area contributed by atoms with Crippen molar-refractivity contribution in [3.05, 3.63) is 11.6 Å². The Morgan fingerprint density at radius 2 is 2.45 bits per heavy atom. The van der Waals surface area contributed by atoms with Crippen LogP contribution in [0, 0.1) is 0 Å². The number of rotatable bonds is 0. The van der Waals surface area contributed by atoms with Crippen LogP contribution in [0.4, 0.5) is 4.79 Å². The van der Waals surface area contributed by atoms with Crippen LogP contribution in [0.15, 0.2) is 21.6 Å². The molecule has 0 saturated carbocycles. The zero-order valence-electron chi connectivity index (χ0n) is 6.03. The number of urea groups is 1. The summed E-state index contributed by atoms with van der Waals surface area (Å²) in [6, 6.07) is -0.371. The molecule has 0 aromatic rings. The van der Waals surface area contributed by atoms with Crippen LogP contribution >= 0.6 is 0 Å². The molecule has 1 atom stereocenters. The maximum Gasteiger partial charge on any atom is 0.343 e. The van der Waals surface area contributed by atoms with E-state index in [1.165, 1.54) is 0 Å². The molecule has 11 heavy (non-hydrogen) atoms. The first kappa shape index (κ1) is 6.27. The smallest absolute Gasteiger partial charge is 0.322 e. The van der Waals surface area contributed by atoms with Crippen molar-refractivity contribution in [1.82, 2.24) is 5.32 Å². The van der Waals surface area contributed by atoms with Gasteiger partial charge in [-0.15, -0.1) is 0 Å². The predicted molar refractivity (Wildman–Crippen MR) is 42.0 cm³/mol. The van der Waals surface area contributed by atoms with Gasteiger partial charge in [-0.05, 0) is 18.6 Å². The first-order valence-corrected chi connectivity index (χ1v) is 3.37. The lowest BCUT2D eigenvalue weighted by Crippen LogP contribution is -2.33. The SMILES string of the molecule is CC1=CC=NC2=NC(=O)NC12. The number of nitrogens with one attached hydrogen (secondary N) is 1. The maximum absolute atomic E-state index is 10.8. The van der Waals surface area contributed by atoms with Crippen LogP contribution in [0.1, 0.15) is 6.92 Å². The summed E-state index contributed by atoms with van der Waals surface area (Å²) in [5.74, 6) is 0.579. The lowest BCUT2D eigenvalue weighted by molar-refractivity contribution is 0.251. The van der Waals surface area contributed by atoms with Crippen molar-refractivity contribution < 1.29 is 4.79 Å². The molecule has 0 aliphatic carbocycles. The molecular formula is C7H7N3O. The number of carbonyl (C=O) groups is 1. The average Bonchev–Trinajstić information content (AvgIpc) is 2.31. The summed E-state index contributed by atoms with van der Waals surface area (Å²) in [5, 5.41) is 2.68. The fraction of sp³-hybridized carbons (Fsp3) is 0.286. The number of hydrogen-bond donors (Lipinski definition) is 1. The molecule has 0 bridgehead atoms. The molecule has 0 fully saturated rings. The second-order valence-corrected chi connectivity index (χ2v) is 2.54. The number of carbonyl (C=O) groups excluding carboxylic acids is 1. The van der Waals surface area contributed by atoms with Crippen molar-refractivity contribution in [1.29, 1.82) is 0 Å². The summed E-state index contributed by atoms with van der Waals surface area (Å²) < 4.78 is 0. The van der Waals surface area contributed by atoms with Crippen molar-refractivity contribution in [2.24, 2.45) is 9.98 Å². The zero-order valence-corrected chi connectivity index (χ0v) is 6.03. The van der Waals surface area contributed by atoms with E-state index in [-0.39, 0.29) is 12.1 Å². The highest BCUT2D eigenvalue weighted by Gasteiger charge is 2.27. The van der Waals surface area contributed by atoms with Gasteiger partial charge < -0.3 is 5.32 Å². The van der Waals surface area contributed by atoms with E-state index in [4.69, 9.17) is 0 Å². The molecule has 2 rings (SSSR count). The van der Waals surface area contributed by atoms with Crippen molar-refractivity contribution in [3.8, 4) is 0 Å². The van der Waals surface area contributed by atoms with Gasteiger partial charge in [0.1, 0.15) is 6.04 Å². The molecule has 1 N–H and O–H groups in total. The minimum absolute atomic E-state index is 0.0764. The molecule has 56 valence electrons. The van der Waals surface area contributed by atoms with E-state index < -0.39 is 0 Å². The van der Waals surface area contributed by atoms with Crippen LogP contribution < -0.4 is 5.32 Å². The standard InChI is InChI=1S/C7H7N3O/c1-4-2-3-8-6-5(4)9-7(11)10-6/h2-3,5H,1H3,(H,9,11). The van der Waals surface area contributed by atoms with E-state index in [0.29, 0.717) is 5.84 Å². The summed E-state index contributed by atoms with van der Waals surface area (Å²) >= 11 is 0. The number of allylic oxidation sites excluding steroid dienone is 1. The fourth-order valence-corrected chi connectivity index (χ4v) is 1.14. The topological polar surface area (TPSA) is 53.8 Å². The predicted octanol–water partition coefficient (Wildman–Crippen LogP) is 0.507. The Kier molecular flexibility index (Phi) is 1.15. The first-order valence-electron chi connectivity index (χ1n) is 3.37. The van der Waals surface area contributed by atoms with Crippen LogP contribution in [0.2, 0.25) is 0 Å². The summed E-state index contributed by atoms with van der Waals surface area (Å²) in [4.78, 5) is 18.4. The monoisotopic (exact) mass is 149 g/mol. The van der Waals surface area contributed by atoms with E-state index in [1.54, 1.807) is 6.21 Å². The van der Waals surface area contributed by atoms with Gasteiger partial charge in [0.2, 0.25) is 0 Å². The van der Waals surface area contributed by atoms with Gasteiger partial charge >= 0.3 is 6.03 Å². The summed E-state index contributed by atoms with van der Waals surface area (Å²) in [5.41, 5.74) is 1.07. The second-order valence-electron chi connectivity index (χ2n) is 2.54. The molecular weight excluding hydrogens is 142 g/mol. The molecule has 0 radical (unpaired) electrons. The van der Waals surface area contributed by atoms with Crippen LogP contribution in [-0.2, 0) is 0 Å². The molecule has 0 saturated heterocycles. The molecule has 2 aliphatic heterocycles. The van der Waals surface area contributed by atoms with E-state index >= 15 is 0 Å². The third kappa shape index (κ3) is 0.869. The molecule has 4 nitrogen and oxygen atoms in total. The average molecular weight is 149 g/mol. The minimum atomic E-state index is -0.295. The van der Waals surface area contributed by atoms with Crippen LogP contribution in [0.5, 0.6) is 0 Å². The van der Waals surface area contributed by atoms with E-state index in [9.17, 15) is 4.79 Å². The number of aliphatic imine (C=N–C) groups is 2. The van der Waals surface area contributed by atoms with Gasteiger partial charge in [0.05, 0.1) is 0 Å². The lowest BCUT2D eigenvalue weighted by Gasteiger charge is -2.12. The van der Waals surface area contributed by atoms with Crippen molar-refractivity contribution in [2.75, 3.05) is 0 Å². The minimum Gasteiger partial charge on any atom is -0.322 e. The second kappa shape index (κ2) is 2.02. The Balaban J connectivity index is 2.40. The van der Waals surface area contributed by atoms with Gasteiger partial charge in [-0.2, -0.15) is 4.99 Å². The highest BCUT2D eigenvalue weighted by Crippen LogP contribution is 2.12.